The molecule has 0 saturated carbocycles. The summed E-state index contributed by atoms with van der Waals surface area (Å²) in [6.45, 7) is 9.01. The first-order valence-electron chi connectivity index (χ1n) is 6.23. The second-order valence-corrected chi connectivity index (χ2v) is 4.99. The zero-order valence-electron chi connectivity index (χ0n) is 10.5. The molecule has 0 spiro atoms. The lowest BCUT2D eigenvalue weighted by atomic mass is 10.1. The standard InChI is InChI=1S/C14H22N2/c1-11-6-4-5-7-14(11)16-9-8-12(2)15-13(3)10-16/h4-7,12-13,15H,8-10H2,1-3H3. The van der Waals surface area contributed by atoms with E-state index in [0.29, 0.717) is 12.1 Å². The molecule has 1 aliphatic heterocycles. The van der Waals surface area contributed by atoms with Gasteiger partial charge in [-0.1, -0.05) is 18.2 Å². The van der Waals surface area contributed by atoms with Crippen LogP contribution in [-0.2, 0) is 0 Å². The number of nitrogens with zero attached hydrogens (tertiary/aromatic N) is 1. The van der Waals surface area contributed by atoms with Crippen molar-refractivity contribution in [2.24, 2.45) is 0 Å². The Hall–Kier alpha value is -1.02. The van der Waals surface area contributed by atoms with E-state index >= 15 is 0 Å². The fraction of sp³-hybridized carbons (Fsp3) is 0.571. The van der Waals surface area contributed by atoms with Crippen LogP contribution in [0.2, 0.25) is 0 Å². The average molecular weight is 218 g/mol. The smallest absolute Gasteiger partial charge is 0.0396 e. The Labute approximate surface area is 98.7 Å². The van der Waals surface area contributed by atoms with Gasteiger partial charge in [0.1, 0.15) is 0 Å². The van der Waals surface area contributed by atoms with Gasteiger partial charge in [-0.2, -0.15) is 0 Å². The van der Waals surface area contributed by atoms with Gasteiger partial charge < -0.3 is 10.2 Å². The zero-order valence-corrected chi connectivity index (χ0v) is 10.5. The first kappa shape index (κ1) is 11.5. The first-order valence-corrected chi connectivity index (χ1v) is 6.23. The van der Waals surface area contributed by atoms with Gasteiger partial charge in [-0.3, -0.25) is 0 Å². The molecule has 0 bridgehead atoms. The first-order chi connectivity index (χ1) is 7.66. The molecular weight excluding hydrogens is 196 g/mol. The van der Waals surface area contributed by atoms with Gasteiger partial charge in [0, 0.05) is 30.9 Å². The molecule has 1 aliphatic rings. The van der Waals surface area contributed by atoms with E-state index in [1.165, 1.54) is 17.7 Å². The number of hydrogen-bond donors (Lipinski definition) is 1. The van der Waals surface area contributed by atoms with Crippen LogP contribution in [0.5, 0.6) is 0 Å². The summed E-state index contributed by atoms with van der Waals surface area (Å²) in [6, 6.07) is 9.87. The van der Waals surface area contributed by atoms with E-state index in [-0.39, 0.29) is 0 Å². The van der Waals surface area contributed by atoms with Crippen LogP contribution in [0, 0.1) is 6.92 Å². The molecule has 2 nitrogen and oxygen atoms in total. The van der Waals surface area contributed by atoms with Crippen LogP contribution in [0.25, 0.3) is 0 Å². The molecule has 2 atom stereocenters. The molecular formula is C14H22N2. The lowest BCUT2D eigenvalue weighted by molar-refractivity contribution is 0.492. The van der Waals surface area contributed by atoms with Crippen molar-refractivity contribution >= 4 is 5.69 Å². The van der Waals surface area contributed by atoms with Crippen molar-refractivity contribution in [2.45, 2.75) is 39.3 Å². The van der Waals surface area contributed by atoms with Crippen LogP contribution >= 0.6 is 0 Å². The highest BCUT2D eigenvalue weighted by Crippen LogP contribution is 2.21. The third kappa shape index (κ3) is 2.56. The van der Waals surface area contributed by atoms with Crippen molar-refractivity contribution in [3.05, 3.63) is 29.8 Å². The van der Waals surface area contributed by atoms with Crippen molar-refractivity contribution in [2.75, 3.05) is 18.0 Å². The van der Waals surface area contributed by atoms with Crippen LogP contribution in [0.4, 0.5) is 5.69 Å². The number of para-hydroxylation sites is 1. The van der Waals surface area contributed by atoms with E-state index in [4.69, 9.17) is 0 Å². The van der Waals surface area contributed by atoms with Gasteiger partial charge in [-0.25, -0.2) is 0 Å². The number of rotatable bonds is 1. The van der Waals surface area contributed by atoms with Gasteiger partial charge in [0.2, 0.25) is 0 Å². The number of anilines is 1. The molecule has 16 heavy (non-hydrogen) atoms. The summed E-state index contributed by atoms with van der Waals surface area (Å²) in [5, 5.41) is 3.62. The Bertz CT molecular complexity index is 348. The lowest BCUT2D eigenvalue weighted by Crippen LogP contribution is -2.37. The third-order valence-corrected chi connectivity index (χ3v) is 3.35. The molecule has 2 heteroatoms. The molecule has 0 aromatic heterocycles. The topological polar surface area (TPSA) is 15.3 Å². The predicted molar refractivity (Wildman–Crippen MR) is 70.1 cm³/mol. The van der Waals surface area contributed by atoms with Crippen LogP contribution in [0.3, 0.4) is 0 Å². The van der Waals surface area contributed by atoms with Crippen molar-refractivity contribution in [3.63, 3.8) is 0 Å². The van der Waals surface area contributed by atoms with Crippen LogP contribution in [0.1, 0.15) is 25.8 Å². The Balaban J connectivity index is 2.17. The Morgan fingerprint density at radius 1 is 1.19 bits per heavy atom. The monoisotopic (exact) mass is 218 g/mol. The highest BCUT2D eigenvalue weighted by Gasteiger charge is 2.18. The fourth-order valence-corrected chi connectivity index (χ4v) is 2.53. The fourth-order valence-electron chi connectivity index (χ4n) is 2.53. The van der Waals surface area contributed by atoms with Crippen molar-refractivity contribution in [1.29, 1.82) is 0 Å². The van der Waals surface area contributed by atoms with Gasteiger partial charge in [-0.05, 0) is 38.8 Å². The molecule has 0 radical (unpaired) electrons. The summed E-state index contributed by atoms with van der Waals surface area (Å²) >= 11 is 0. The molecule has 1 aromatic carbocycles. The number of hydrogen-bond acceptors (Lipinski definition) is 2. The molecule has 1 aromatic rings. The molecule has 0 aliphatic carbocycles. The molecule has 1 heterocycles. The molecule has 0 amide bonds. The molecule has 2 unspecified atom stereocenters. The van der Waals surface area contributed by atoms with E-state index in [1.807, 2.05) is 0 Å². The number of nitrogens with one attached hydrogen (secondary N) is 1. The van der Waals surface area contributed by atoms with Gasteiger partial charge >= 0.3 is 0 Å². The summed E-state index contributed by atoms with van der Waals surface area (Å²) in [4.78, 5) is 2.51. The quantitative estimate of drug-likeness (QED) is 0.779. The van der Waals surface area contributed by atoms with Crippen LogP contribution < -0.4 is 10.2 Å². The highest BCUT2D eigenvalue weighted by molar-refractivity contribution is 5.53. The molecule has 88 valence electrons. The van der Waals surface area contributed by atoms with Gasteiger partial charge in [-0.15, -0.1) is 0 Å². The number of aryl methyl sites for hydroxylation is 1. The summed E-state index contributed by atoms with van der Waals surface area (Å²) in [5.41, 5.74) is 2.77. The molecule has 1 saturated heterocycles. The Morgan fingerprint density at radius 2 is 1.94 bits per heavy atom. The Morgan fingerprint density at radius 3 is 2.69 bits per heavy atom. The zero-order chi connectivity index (χ0) is 11.5. The second-order valence-electron chi connectivity index (χ2n) is 4.99. The third-order valence-electron chi connectivity index (χ3n) is 3.35. The maximum Gasteiger partial charge on any atom is 0.0396 e. The summed E-state index contributed by atoms with van der Waals surface area (Å²) < 4.78 is 0. The minimum absolute atomic E-state index is 0.567. The maximum atomic E-state index is 3.62. The van der Waals surface area contributed by atoms with Gasteiger partial charge in [0.05, 0.1) is 0 Å². The van der Waals surface area contributed by atoms with Crippen LogP contribution in [-0.4, -0.2) is 25.2 Å². The van der Waals surface area contributed by atoms with Crippen molar-refractivity contribution in [1.82, 2.24) is 5.32 Å². The SMILES string of the molecule is Cc1ccccc1N1CCC(C)NC(C)C1. The van der Waals surface area contributed by atoms with E-state index in [2.05, 4.69) is 55.3 Å². The van der Waals surface area contributed by atoms with Gasteiger partial charge in [0.25, 0.3) is 0 Å². The minimum Gasteiger partial charge on any atom is -0.370 e. The number of benzene rings is 1. The minimum atomic E-state index is 0.567. The highest BCUT2D eigenvalue weighted by atomic mass is 15.2. The normalized spacial score (nSPS) is 26.6. The lowest BCUT2D eigenvalue weighted by Gasteiger charge is -2.26. The van der Waals surface area contributed by atoms with Crippen molar-refractivity contribution in [3.8, 4) is 0 Å². The predicted octanol–water partition coefficient (Wildman–Crippen LogP) is 2.57. The van der Waals surface area contributed by atoms with E-state index in [0.717, 1.165) is 13.1 Å². The summed E-state index contributed by atoms with van der Waals surface area (Å²) in [5.74, 6) is 0. The molecule has 2 rings (SSSR count). The second kappa shape index (κ2) is 4.88. The van der Waals surface area contributed by atoms with E-state index < -0.39 is 0 Å². The Kier molecular flexibility index (Phi) is 3.49. The van der Waals surface area contributed by atoms with Crippen molar-refractivity contribution < 1.29 is 0 Å². The van der Waals surface area contributed by atoms with Crippen LogP contribution in [0.15, 0.2) is 24.3 Å². The van der Waals surface area contributed by atoms with Gasteiger partial charge in [0.15, 0.2) is 0 Å². The largest absolute Gasteiger partial charge is 0.370 e. The van der Waals surface area contributed by atoms with E-state index in [1.54, 1.807) is 0 Å². The molecule has 1 fully saturated rings. The summed E-state index contributed by atoms with van der Waals surface area (Å²) in [6.07, 6.45) is 1.22. The molecule has 1 N–H and O–H groups in total. The maximum absolute atomic E-state index is 3.62. The summed E-state index contributed by atoms with van der Waals surface area (Å²) in [7, 11) is 0. The average Bonchev–Trinajstić information content (AvgIpc) is 2.40. The van der Waals surface area contributed by atoms with E-state index in [9.17, 15) is 0 Å².